The van der Waals surface area contributed by atoms with Crippen LogP contribution in [0, 0.1) is 11.6 Å². The second-order valence-corrected chi connectivity index (χ2v) is 5.08. The van der Waals surface area contributed by atoms with E-state index < -0.39 is 5.82 Å². The number of ether oxygens (including phenoxy) is 1. The number of rotatable bonds is 5. The van der Waals surface area contributed by atoms with Gasteiger partial charge in [-0.05, 0) is 54.9 Å². The van der Waals surface area contributed by atoms with Crippen LogP contribution in [0.15, 0.2) is 36.4 Å². The molecule has 2 rings (SSSR count). The van der Waals surface area contributed by atoms with Crippen LogP contribution in [0.2, 0.25) is 5.02 Å². The number of methoxy groups -OCH3 is 1. The van der Waals surface area contributed by atoms with E-state index in [0.717, 1.165) is 5.56 Å². The van der Waals surface area contributed by atoms with E-state index in [1.54, 1.807) is 19.2 Å². The Morgan fingerprint density at radius 1 is 1.19 bits per heavy atom. The quantitative estimate of drug-likeness (QED) is 0.896. The Bertz CT molecular complexity index is 634. The van der Waals surface area contributed by atoms with Crippen molar-refractivity contribution in [1.82, 2.24) is 5.32 Å². The Morgan fingerprint density at radius 2 is 1.95 bits per heavy atom. The summed E-state index contributed by atoms with van der Waals surface area (Å²) in [5.41, 5.74) is 1.42. The molecular weight excluding hydrogens is 296 g/mol. The van der Waals surface area contributed by atoms with Gasteiger partial charge in [-0.25, -0.2) is 8.78 Å². The Morgan fingerprint density at radius 3 is 2.57 bits per heavy atom. The van der Waals surface area contributed by atoms with Crippen LogP contribution < -0.4 is 10.1 Å². The van der Waals surface area contributed by atoms with Crippen molar-refractivity contribution >= 4 is 11.6 Å². The molecule has 2 aromatic rings. The summed E-state index contributed by atoms with van der Waals surface area (Å²) in [6.45, 7) is 0. The van der Waals surface area contributed by atoms with Crippen LogP contribution in [0.3, 0.4) is 0 Å². The summed E-state index contributed by atoms with van der Waals surface area (Å²) in [5.74, 6) is -0.580. The molecule has 0 spiro atoms. The molecule has 0 bridgehead atoms. The normalized spacial score (nSPS) is 12.2. The van der Waals surface area contributed by atoms with Gasteiger partial charge in [0, 0.05) is 11.1 Å². The fourth-order valence-electron chi connectivity index (χ4n) is 2.21. The lowest BCUT2D eigenvalue weighted by Gasteiger charge is -2.18. The van der Waals surface area contributed by atoms with Gasteiger partial charge in [-0.15, -0.1) is 0 Å². The minimum atomic E-state index is -0.430. The molecule has 0 fully saturated rings. The first-order chi connectivity index (χ1) is 10.0. The highest BCUT2D eigenvalue weighted by atomic mass is 35.5. The third-order valence-corrected chi connectivity index (χ3v) is 3.73. The van der Waals surface area contributed by atoms with Gasteiger partial charge in [-0.2, -0.15) is 0 Å². The van der Waals surface area contributed by atoms with Crippen molar-refractivity contribution in [3.05, 3.63) is 64.2 Å². The minimum absolute atomic E-state index is 0.176. The van der Waals surface area contributed by atoms with E-state index in [4.69, 9.17) is 16.3 Å². The van der Waals surface area contributed by atoms with Gasteiger partial charge in [0.05, 0.1) is 7.11 Å². The zero-order valence-electron chi connectivity index (χ0n) is 11.8. The van der Waals surface area contributed by atoms with Crippen molar-refractivity contribution in [2.75, 3.05) is 14.2 Å². The summed E-state index contributed by atoms with van der Waals surface area (Å²) >= 11 is 6.08. The van der Waals surface area contributed by atoms with Gasteiger partial charge in [-0.3, -0.25) is 0 Å². The number of hydrogen-bond acceptors (Lipinski definition) is 2. The van der Waals surface area contributed by atoms with Crippen LogP contribution in [0.5, 0.6) is 5.75 Å². The van der Waals surface area contributed by atoms with Crippen molar-refractivity contribution in [2.24, 2.45) is 0 Å². The fraction of sp³-hybridized carbons (Fsp3) is 0.250. The predicted octanol–water partition coefficient (Wildman–Crippen LogP) is 4.13. The van der Waals surface area contributed by atoms with Crippen molar-refractivity contribution in [3.8, 4) is 5.75 Å². The van der Waals surface area contributed by atoms with E-state index in [9.17, 15) is 8.78 Å². The molecule has 0 saturated heterocycles. The number of likely N-dealkylation sites (N-methyl/N-ethyl adjacent to an activating group) is 1. The molecule has 0 saturated carbocycles. The lowest BCUT2D eigenvalue weighted by Crippen LogP contribution is -2.19. The van der Waals surface area contributed by atoms with Gasteiger partial charge < -0.3 is 10.1 Å². The first-order valence-electron chi connectivity index (χ1n) is 6.49. The Hall–Kier alpha value is -1.65. The highest BCUT2D eigenvalue weighted by Crippen LogP contribution is 2.27. The summed E-state index contributed by atoms with van der Waals surface area (Å²) in [4.78, 5) is 0. The molecular formula is C16H16ClF2NO. The van der Waals surface area contributed by atoms with E-state index in [2.05, 4.69) is 5.32 Å². The zero-order chi connectivity index (χ0) is 15.4. The molecule has 2 nitrogen and oxygen atoms in total. The largest absolute Gasteiger partial charge is 0.494 e. The van der Waals surface area contributed by atoms with Crippen molar-refractivity contribution < 1.29 is 13.5 Å². The molecule has 0 radical (unpaired) electrons. The maximum absolute atomic E-state index is 13.8. The molecule has 2 aromatic carbocycles. The lowest BCUT2D eigenvalue weighted by atomic mass is 9.98. The molecule has 21 heavy (non-hydrogen) atoms. The van der Waals surface area contributed by atoms with Gasteiger partial charge in [0.1, 0.15) is 5.82 Å². The maximum atomic E-state index is 13.8. The standard InChI is InChI=1S/C16H16ClF2NO/c1-20-15(9-11-7-12(18)4-5-13(11)17)10-3-6-16(21-2)14(19)8-10/h3-8,15,20H,9H2,1-2H3. The van der Waals surface area contributed by atoms with Crippen LogP contribution in [-0.2, 0) is 6.42 Å². The van der Waals surface area contributed by atoms with Crippen LogP contribution >= 0.6 is 11.6 Å². The second-order valence-electron chi connectivity index (χ2n) is 4.68. The maximum Gasteiger partial charge on any atom is 0.165 e. The van der Waals surface area contributed by atoms with Gasteiger partial charge in [-0.1, -0.05) is 17.7 Å². The average Bonchev–Trinajstić information content (AvgIpc) is 2.48. The third-order valence-electron chi connectivity index (χ3n) is 3.36. The topological polar surface area (TPSA) is 21.3 Å². The van der Waals surface area contributed by atoms with E-state index >= 15 is 0 Å². The fourth-order valence-corrected chi connectivity index (χ4v) is 2.40. The van der Waals surface area contributed by atoms with Gasteiger partial charge in [0.15, 0.2) is 11.6 Å². The van der Waals surface area contributed by atoms with Crippen LogP contribution in [0.1, 0.15) is 17.2 Å². The first kappa shape index (κ1) is 15.7. The number of hydrogen-bond donors (Lipinski definition) is 1. The van der Waals surface area contributed by atoms with Crippen molar-refractivity contribution in [3.63, 3.8) is 0 Å². The van der Waals surface area contributed by atoms with Crippen molar-refractivity contribution in [1.29, 1.82) is 0 Å². The Kier molecular flexibility index (Phi) is 5.15. The zero-order valence-corrected chi connectivity index (χ0v) is 12.5. The highest BCUT2D eigenvalue weighted by Gasteiger charge is 2.15. The second kappa shape index (κ2) is 6.87. The average molecular weight is 312 g/mol. The Labute approximate surface area is 127 Å². The molecule has 5 heteroatoms. The van der Waals surface area contributed by atoms with Crippen LogP contribution in [-0.4, -0.2) is 14.2 Å². The van der Waals surface area contributed by atoms with E-state index in [0.29, 0.717) is 17.0 Å². The van der Waals surface area contributed by atoms with Crippen molar-refractivity contribution in [2.45, 2.75) is 12.5 Å². The van der Waals surface area contributed by atoms with Crippen LogP contribution in [0.25, 0.3) is 0 Å². The van der Waals surface area contributed by atoms with E-state index in [1.165, 1.54) is 31.4 Å². The van der Waals surface area contributed by atoms with Crippen LogP contribution in [0.4, 0.5) is 8.78 Å². The summed E-state index contributed by atoms with van der Waals surface area (Å²) in [6, 6.07) is 8.81. The minimum Gasteiger partial charge on any atom is -0.494 e. The molecule has 1 atom stereocenters. The van der Waals surface area contributed by atoms with E-state index in [1.807, 2.05) is 0 Å². The number of nitrogens with one attached hydrogen (secondary N) is 1. The number of halogens is 3. The highest BCUT2D eigenvalue weighted by molar-refractivity contribution is 6.31. The van der Waals surface area contributed by atoms with Gasteiger partial charge in [0.2, 0.25) is 0 Å². The Balaban J connectivity index is 2.27. The molecule has 0 aliphatic carbocycles. The number of benzene rings is 2. The molecule has 0 amide bonds. The van der Waals surface area contributed by atoms with E-state index in [-0.39, 0.29) is 17.6 Å². The smallest absolute Gasteiger partial charge is 0.165 e. The summed E-state index contributed by atoms with van der Waals surface area (Å²) in [6.07, 6.45) is 0.457. The summed E-state index contributed by atoms with van der Waals surface area (Å²) < 4.78 is 32.0. The predicted molar refractivity (Wildman–Crippen MR) is 79.9 cm³/mol. The van der Waals surface area contributed by atoms with Gasteiger partial charge in [0.25, 0.3) is 0 Å². The molecule has 0 aliphatic heterocycles. The molecule has 1 unspecified atom stereocenters. The lowest BCUT2D eigenvalue weighted by molar-refractivity contribution is 0.385. The van der Waals surface area contributed by atoms with Gasteiger partial charge >= 0.3 is 0 Å². The molecule has 1 N–H and O–H groups in total. The molecule has 0 aromatic heterocycles. The third kappa shape index (κ3) is 3.71. The summed E-state index contributed by atoms with van der Waals surface area (Å²) in [7, 11) is 3.18. The molecule has 112 valence electrons. The molecule has 0 heterocycles. The SMILES string of the molecule is CNC(Cc1cc(F)ccc1Cl)c1ccc(OC)c(F)c1. The first-order valence-corrected chi connectivity index (χ1v) is 6.87. The monoisotopic (exact) mass is 311 g/mol. The summed E-state index contributed by atoms with van der Waals surface area (Å²) in [5, 5.41) is 3.58. The molecule has 0 aliphatic rings.